The van der Waals surface area contributed by atoms with Crippen LogP contribution in [-0.2, 0) is 6.54 Å². The second-order valence-corrected chi connectivity index (χ2v) is 9.65. The fourth-order valence-corrected chi connectivity index (χ4v) is 5.00. The fraction of sp³-hybridized carbons (Fsp3) is 0.520. The molecule has 6 rings (SSSR count). The predicted octanol–water partition coefficient (Wildman–Crippen LogP) is 4.06. The third-order valence-corrected chi connectivity index (χ3v) is 7.13. The molecule has 2 fully saturated rings. The van der Waals surface area contributed by atoms with E-state index in [1.54, 1.807) is 0 Å². The summed E-state index contributed by atoms with van der Waals surface area (Å²) in [5.74, 6) is 2.67. The molecule has 1 saturated carbocycles. The van der Waals surface area contributed by atoms with Crippen molar-refractivity contribution in [2.45, 2.75) is 70.3 Å². The van der Waals surface area contributed by atoms with Gasteiger partial charge in [-0.1, -0.05) is 24.9 Å². The quantitative estimate of drug-likeness (QED) is 0.363. The lowest BCUT2D eigenvalue weighted by Crippen LogP contribution is -2.26. The van der Waals surface area contributed by atoms with Crippen molar-refractivity contribution in [3.8, 4) is 22.8 Å². The van der Waals surface area contributed by atoms with Crippen LogP contribution in [0.1, 0.15) is 75.0 Å². The lowest BCUT2D eigenvalue weighted by molar-refractivity contribution is 0.386. The molecule has 0 radical (unpaired) electrons. The Hall–Kier alpha value is -3.40. The van der Waals surface area contributed by atoms with Gasteiger partial charge in [-0.25, -0.2) is 24.6 Å². The van der Waals surface area contributed by atoms with Crippen LogP contribution in [-0.4, -0.2) is 48.0 Å². The Morgan fingerprint density at radius 1 is 1.00 bits per heavy atom. The Bertz CT molecular complexity index is 1320. The van der Waals surface area contributed by atoms with Crippen LogP contribution >= 0.6 is 0 Å². The van der Waals surface area contributed by atoms with Crippen LogP contribution in [0.15, 0.2) is 23.2 Å². The minimum absolute atomic E-state index is 0.338. The molecule has 5 heterocycles. The smallest absolute Gasteiger partial charge is 0.165 e. The molecule has 1 aliphatic carbocycles. The molecular formula is C25H31N9O. The van der Waals surface area contributed by atoms with Crippen molar-refractivity contribution in [2.24, 2.45) is 0 Å². The van der Waals surface area contributed by atoms with Crippen LogP contribution in [0.2, 0.25) is 0 Å². The normalized spacial score (nSPS) is 16.8. The summed E-state index contributed by atoms with van der Waals surface area (Å²) in [6.07, 6.45) is 13.0. The molecule has 4 aromatic rings. The zero-order chi connectivity index (χ0) is 23.8. The number of hydrogen-bond acceptors (Lipinski definition) is 9. The highest BCUT2D eigenvalue weighted by molar-refractivity contribution is 6.00. The number of anilines is 1. The number of fused-ring (bicyclic) bond motifs is 1. The standard InChI is InChI=1S/C25H31N9O/c1-2-3-4-11-34-25-19(23(26)30-14-31-25)20(32-34)21-18(22(35-33-21)16-5-6-16)24-28-12-17(13-29-24)15-7-9-27-10-8-15/h12-16,27H,2-11H2,1H3,(H2,26,30,31). The van der Waals surface area contributed by atoms with Crippen LogP contribution in [0, 0.1) is 0 Å². The molecule has 1 aliphatic heterocycles. The molecule has 4 aromatic heterocycles. The molecule has 0 amide bonds. The van der Waals surface area contributed by atoms with Crippen molar-refractivity contribution in [1.82, 2.24) is 40.2 Å². The number of rotatable bonds is 8. The van der Waals surface area contributed by atoms with Crippen molar-refractivity contribution < 1.29 is 4.52 Å². The van der Waals surface area contributed by atoms with Gasteiger partial charge in [-0.2, -0.15) is 5.10 Å². The van der Waals surface area contributed by atoms with E-state index in [9.17, 15) is 0 Å². The maximum Gasteiger partial charge on any atom is 0.165 e. The van der Waals surface area contributed by atoms with E-state index in [0.29, 0.717) is 45.9 Å². The van der Waals surface area contributed by atoms with Crippen molar-refractivity contribution in [2.75, 3.05) is 18.8 Å². The number of nitrogens with zero attached hydrogens (tertiary/aromatic N) is 7. The zero-order valence-electron chi connectivity index (χ0n) is 20.1. The summed E-state index contributed by atoms with van der Waals surface area (Å²) in [5, 5.41) is 13.5. The highest BCUT2D eigenvalue weighted by Crippen LogP contribution is 2.47. The molecule has 35 heavy (non-hydrogen) atoms. The van der Waals surface area contributed by atoms with Crippen molar-refractivity contribution >= 4 is 16.9 Å². The number of piperidine rings is 1. The maximum atomic E-state index is 6.33. The van der Waals surface area contributed by atoms with E-state index >= 15 is 0 Å². The molecule has 0 atom stereocenters. The van der Waals surface area contributed by atoms with E-state index in [2.05, 4.69) is 27.4 Å². The van der Waals surface area contributed by atoms with Crippen molar-refractivity contribution in [3.63, 3.8) is 0 Å². The summed E-state index contributed by atoms with van der Waals surface area (Å²) < 4.78 is 7.81. The number of nitrogens with one attached hydrogen (secondary N) is 1. The minimum Gasteiger partial charge on any atom is -0.383 e. The molecule has 0 aromatic carbocycles. The molecule has 0 spiro atoms. The van der Waals surface area contributed by atoms with Crippen LogP contribution < -0.4 is 11.1 Å². The monoisotopic (exact) mass is 473 g/mol. The minimum atomic E-state index is 0.338. The van der Waals surface area contributed by atoms with E-state index in [-0.39, 0.29) is 0 Å². The van der Waals surface area contributed by atoms with Crippen LogP contribution in [0.4, 0.5) is 5.82 Å². The molecular weight excluding hydrogens is 442 g/mol. The van der Waals surface area contributed by atoms with E-state index in [1.807, 2.05) is 17.1 Å². The molecule has 0 unspecified atom stereocenters. The highest BCUT2D eigenvalue weighted by Gasteiger charge is 2.36. The molecule has 10 heteroatoms. The van der Waals surface area contributed by atoms with E-state index in [1.165, 1.54) is 11.9 Å². The first kappa shape index (κ1) is 22.1. The summed E-state index contributed by atoms with van der Waals surface area (Å²) in [4.78, 5) is 18.3. The van der Waals surface area contributed by atoms with Crippen molar-refractivity contribution in [1.29, 1.82) is 0 Å². The molecule has 1 saturated heterocycles. The van der Waals surface area contributed by atoms with Crippen LogP contribution in [0.3, 0.4) is 0 Å². The summed E-state index contributed by atoms with van der Waals surface area (Å²) >= 11 is 0. The number of hydrogen-bond donors (Lipinski definition) is 2. The molecule has 3 N–H and O–H groups in total. The summed E-state index contributed by atoms with van der Waals surface area (Å²) in [6.45, 7) is 5.01. The second kappa shape index (κ2) is 9.33. The lowest BCUT2D eigenvalue weighted by Gasteiger charge is -2.22. The number of nitrogens with two attached hydrogens (primary N) is 1. The van der Waals surface area contributed by atoms with Gasteiger partial charge >= 0.3 is 0 Å². The second-order valence-electron chi connectivity index (χ2n) is 9.65. The maximum absolute atomic E-state index is 6.33. The number of aromatic nitrogens is 7. The largest absolute Gasteiger partial charge is 0.383 e. The third kappa shape index (κ3) is 4.16. The van der Waals surface area contributed by atoms with Crippen LogP contribution in [0.5, 0.6) is 0 Å². The summed E-state index contributed by atoms with van der Waals surface area (Å²) in [5.41, 5.74) is 10.3. The molecule has 2 aliphatic rings. The highest BCUT2D eigenvalue weighted by atomic mass is 16.5. The Labute approximate surface area is 203 Å². The van der Waals surface area contributed by atoms with Gasteiger partial charge in [0.15, 0.2) is 17.2 Å². The summed E-state index contributed by atoms with van der Waals surface area (Å²) in [6, 6.07) is 0. The molecule has 0 bridgehead atoms. The van der Waals surface area contributed by atoms with Gasteiger partial charge in [0.25, 0.3) is 0 Å². The zero-order valence-corrected chi connectivity index (χ0v) is 20.1. The first-order valence-corrected chi connectivity index (χ1v) is 12.7. The Balaban J connectivity index is 1.44. The van der Waals surface area contributed by atoms with Gasteiger partial charge in [0.2, 0.25) is 0 Å². The van der Waals surface area contributed by atoms with Gasteiger partial charge in [-0.3, -0.25) is 0 Å². The Morgan fingerprint density at radius 2 is 1.80 bits per heavy atom. The number of nitrogen functional groups attached to an aromatic ring is 1. The summed E-state index contributed by atoms with van der Waals surface area (Å²) in [7, 11) is 0. The average molecular weight is 474 g/mol. The lowest BCUT2D eigenvalue weighted by atomic mass is 9.92. The van der Waals surface area contributed by atoms with Crippen molar-refractivity contribution in [3.05, 3.63) is 30.0 Å². The average Bonchev–Trinajstić information content (AvgIpc) is 3.54. The van der Waals surface area contributed by atoms with Gasteiger partial charge in [-0.15, -0.1) is 0 Å². The topological polar surface area (TPSA) is 133 Å². The van der Waals surface area contributed by atoms with Gasteiger partial charge in [0, 0.05) is 24.9 Å². The third-order valence-electron chi connectivity index (χ3n) is 7.13. The SMILES string of the molecule is CCCCCn1nc(-c2noc(C3CC3)c2-c2ncc(C3CCNCC3)cn2)c2c(N)ncnc21. The van der Waals surface area contributed by atoms with Crippen LogP contribution in [0.25, 0.3) is 33.8 Å². The predicted molar refractivity (Wildman–Crippen MR) is 133 cm³/mol. The van der Waals surface area contributed by atoms with Gasteiger partial charge in [0.1, 0.15) is 23.5 Å². The first-order valence-electron chi connectivity index (χ1n) is 12.7. The van der Waals surface area contributed by atoms with E-state index in [0.717, 1.165) is 75.9 Å². The number of aryl methyl sites for hydroxylation is 1. The Kier molecular flexibility index (Phi) is 5.89. The Morgan fingerprint density at radius 3 is 2.54 bits per heavy atom. The fourth-order valence-electron chi connectivity index (χ4n) is 5.00. The number of unbranched alkanes of at least 4 members (excludes halogenated alkanes) is 2. The van der Waals surface area contributed by atoms with Gasteiger partial charge in [0.05, 0.1) is 10.9 Å². The molecule has 182 valence electrons. The van der Waals surface area contributed by atoms with Gasteiger partial charge in [-0.05, 0) is 56.7 Å². The molecule has 10 nitrogen and oxygen atoms in total. The first-order chi connectivity index (χ1) is 17.2. The van der Waals surface area contributed by atoms with Gasteiger partial charge < -0.3 is 15.6 Å². The van der Waals surface area contributed by atoms with E-state index < -0.39 is 0 Å². The van der Waals surface area contributed by atoms with E-state index in [4.69, 9.17) is 25.3 Å².